The van der Waals surface area contributed by atoms with Gasteiger partial charge in [-0.1, -0.05) is 48.5 Å². The first kappa shape index (κ1) is 20.1. The summed E-state index contributed by atoms with van der Waals surface area (Å²) in [7, 11) is 0. The molecule has 1 heterocycles. The number of amides is 1. The zero-order chi connectivity index (χ0) is 19.8. The van der Waals surface area contributed by atoms with Gasteiger partial charge < -0.3 is 10.0 Å². The molecule has 1 saturated heterocycles. The van der Waals surface area contributed by atoms with Gasteiger partial charge >= 0.3 is 5.97 Å². The van der Waals surface area contributed by atoms with E-state index in [2.05, 4.69) is 4.90 Å². The molecule has 5 heteroatoms. The number of anilines is 1. The number of hydrogen-bond donors (Lipinski definition) is 1. The normalized spacial score (nSPS) is 17.2. The number of nitrogens with zero attached hydrogens (tertiary/aromatic N) is 2. The molecule has 0 spiro atoms. The number of rotatable bonds is 8. The molecule has 0 bridgehead atoms. The fourth-order valence-electron chi connectivity index (χ4n) is 3.83. The molecule has 0 aromatic heterocycles. The molecule has 28 heavy (non-hydrogen) atoms. The zero-order valence-corrected chi connectivity index (χ0v) is 16.2. The summed E-state index contributed by atoms with van der Waals surface area (Å²) in [5.41, 5.74) is 1.99. The number of aliphatic carboxylic acids is 1. The first-order chi connectivity index (χ1) is 13.6. The largest absolute Gasteiger partial charge is 0.481 e. The van der Waals surface area contributed by atoms with E-state index < -0.39 is 5.97 Å². The van der Waals surface area contributed by atoms with Crippen LogP contribution < -0.4 is 4.90 Å². The number of carbonyl (C=O) groups excluding carboxylic acids is 1. The molecule has 0 aliphatic carbocycles. The van der Waals surface area contributed by atoms with Gasteiger partial charge in [-0.25, -0.2) is 0 Å². The van der Waals surface area contributed by atoms with Gasteiger partial charge in [0.15, 0.2) is 0 Å². The minimum absolute atomic E-state index is 0.0777. The van der Waals surface area contributed by atoms with E-state index in [0.29, 0.717) is 25.4 Å². The van der Waals surface area contributed by atoms with Crippen molar-refractivity contribution < 1.29 is 14.7 Å². The Morgan fingerprint density at radius 1 is 1.04 bits per heavy atom. The maximum atomic E-state index is 13.2. The van der Waals surface area contributed by atoms with Gasteiger partial charge in [-0.3, -0.25) is 14.5 Å². The molecule has 1 amide bonds. The van der Waals surface area contributed by atoms with Crippen LogP contribution >= 0.6 is 0 Å². The fraction of sp³-hybridized carbons (Fsp3) is 0.391. The lowest BCUT2D eigenvalue weighted by atomic mass is 9.93. The Labute approximate surface area is 166 Å². The van der Waals surface area contributed by atoms with E-state index in [4.69, 9.17) is 5.11 Å². The maximum absolute atomic E-state index is 13.2. The van der Waals surface area contributed by atoms with E-state index in [1.807, 2.05) is 65.6 Å². The van der Waals surface area contributed by atoms with E-state index in [-0.39, 0.29) is 12.3 Å². The summed E-state index contributed by atoms with van der Waals surface area (Å²) in [5, 5.41) is 8.92. The SMILES string of the molecule is O=C(O)CCC1CCCN(CC(=O)N(Cc2ccccc2)c2ccccc2)C1. The standard InChI is InChI=1S/C23H28N2O3/c26-22(18-24-15-7-10-20(16-24)13-14-23(27)28)25(21-11-5-2-6-12-21)17-19-8-3-1-4-9-19/h1-6,8-9,11-12,20H,7,10,13-18H2,(H,27,28). The summed E-state index contributed by atoms with van der Waals surface area (Å²) in [6, 6.07) is 19.8. The van der Waals surface area contributed by atoms with Crippen LogP contribution in [0.1, 0.15) is 31.2 Å². The molecule has 0 radical (unpaired) electrons. The molecule has 1 unspecified atom stereocenters. The minimum Gasteiger partial charge on any atom is -0.481 e. The van der Waals surface area contributed by atoms with Gasteiger partial charge in [0.05, 0.1) is 13.1 Å². The smallest absolute Gasteiger partial charge is 0.303 e. The van der Waals surface area contributed by atoms with Crippen molar-refractivity contribution in [3.63, 3.8) is 0 Å². The highest BCUT2D eigenvalue weighted by Crippen LogP contribution is 2.22. The third-order valence-corrected chi connectivity index (χ3v) is 5.28. The molecule has 148 valence electrons. The van der Waals surface area contributed by atoms with Gasteiger partial charge in [0.25, 0.3) is 0 Å². The molecule has 2 aromatic rings. The first-order valence-electron chi connectivity index (χ1n) is 9.95. The highest BCUT2D eigenvalue weighted by molar-refractivity contribution is 5.94. The number of benzene rings is 2. The molecular formula is C23H28N2O3. The van der Waals surface area contributed by atoms with Crippen molar-refractivity contribution in [3.05, 3.63) is 66.2 Å². The highest BCUT2D eigenvalue weighted by Gasteiger charge is 2.25. The van der Waals surface area contributed by atoms with Crippen LogP contribution in [-0.4, -0.2) is 41.5 Å². The van der Waals surface area contributed by atoms with Crippen LogP contribution in [-0.2, 0) is 16.1 Å². The van der Waals surface area contributed by atoms with Crippen LogP contribution in [0.3, 0.4) is 0 Å². The average molecular weight is 380 g/mol. The number of piperidine rings is 1. The topological polar surface area (TPSA) is 60.9 Å². The second kappa shape index (κ2) is 10.0. The molecule has 1 N–H and O–H groups in total. The number of para-hydroxylation sites is 1. The summed E-state index contributed by atoms with van der Waals surface area (Å²) >= 11 is 0. The predicted octanol–water partition coefficient (Wildman–Crippen LogP) is 3.80. The Morgan fingerprint density at radius 3 is 2.39 bits per heavy atom. The van der Waals surface area contributed by atoms with Crippen molar-refractivity contribution in [1.82, 2.24) is 4.90 Å². The second-order valence-electron chi connectivity index (χ2n) is 7.48. The van der Waals surface area contributed by atoms with Crippen molar-refractivity contribution in [2.75, 3.05) is 24.5 Å². The molecule has 1 aliphatic rings. The Hall–Kier alpha value is -2.66. The van der Waals surface area contributed by atoms with E-state index in [1.165, 1.54) is 0 Å². The Bertz CT molecular complexity index is 764. The van der Waals surface area contributed by atoms with Crippen LogP contribution in [0, 0.1) is 5.92 Å². The van der Waals surface area contributed by atoms with E-state index >= 15 is 0 Å². The molecule has 1 atom stereocenters. The third kappa shape index (κ3) is 5.92. The lowest BCUT2D eigenvalue weighted by Gasteiger charge is -2.34. The molecule has 2 aromatic carbocycles. The molecule has 0 saturated carbocycles. The summed E-state index contributed by atoms with van der Waals surface area (Å²) in [6.45, 7) is 2.60. The van der Waals surface area contributed by atoms with Crippen molar-refractivity contribution >= 4 is 17.6 Å². The van der Waals surface area contributed by atoms with Crippen molar-refractivity contribution in [2.24, 2.45) is 5.92 Å². The number of carboxylic acid groups (broad SMARTS) is 1. The lowest BCUT2D eigenvalue weighted by molar-refractivity contribution is -0.137. The average Bonchev–Trinajstić information content (AvgIpc) is 2.72. The Morgan fingerprint density at radius 2 is 1.71 bits per heavy atom. The quantitative estimate of drug-likeness (QED) is 0.757. The summed E-state index contributed by atoms with van der Waals surface area (Å²) in [5.74, 6) is -0.308. The number of carbonyl (C=O) groups is 2. The van der Waals surface area contributed by atoms with Crippen molar-refractivity contribution in [1.29, 1.82) is 0 Å². The summed E-state index contributed by atoms with van der Waals surface area (Å²) < 4.78 is 0. The summed E-state index contributed by atoms with van der Waals surface area (Å²) in [4.78, 5) is 28.0. The van der Waals surface area contributed by atoms with Gasteiger partial charge in [-0.05, 0) is 49.4 Å². The van der Waals surface area contributed by atoms with Crippen LogP contribution in [0.4, 0.5) is 5.69 Å². The van der Waals surface area contributed by atoms with E-state index in [9.17, 15) is 9.59 Å². The summed E-state index contributed by atoms with van der Waals surface area (Å²) in [6.07, 6.45) is 2.95. The van der Waals surface area contributed by atoms with Crippen LogP contribution in [0.15, 0.2) is 60.7 Å². The molecular weight excluding hydrogens is 352 g/mol. The minimum atomic E-state index is -0.744. The zero-order valence-electron chi connectivity index (χ0n) is 16.2. The lowest BCUT2D eigenvalue weighted by Crippen LogP contribution is -2.44. The van der Waals surface area contributed by atoms with Gasteiger partial charge in [0.1, 0.15) is 0 Å². The number of carboxylic acids is 1. The fourth-order valence-corrected chi connectivity index (χ4v) is 3.83. The first-order valence-corrected chi connectivity index (χ1v) is 9.95. The van der Waals surface area contributed by atoms with Gasteiger partial charge in [0.2, 0.25) is 5.91 Å². The van der Waals surface area contributed by atoms with Crippen LogP contribution in [0.25, 0.3) is 0 Å². The second-order valence-corrected chi connectivity index (χ2v) is 7.48. The molecule has 3 rings (SSSR count). The van der Waals surface area contributed by atoms with E-state index in [1.54, 1.807) is 0 Å². The molecule has 1 aliphatic heterocycles. The van der Waals surface area contributed by atoms with Gasteiger partial charge in [-0.2, -0.15) is 0 Å². The number of hydrogen-bond acceptors (Lipinski definition) is 3. The Kier molecular flexibility index (Phi) is 7.20. The van der Waals surface area contributed by atoms with E-state index in [0.717, 1.165) is 37.2 Å². The van der Waals surface area contributed by atoms with Crippen molar-refractivity contribution in [3.8, 4) is 0 Å². The third-order valence-electron chi connectivity index (χ3n) is 5.28. The Balaban J connectivity index is 1.66. The van der Waals surface area contributed by atoms with Gasteiger partial charge in [-0.15, -0.1) is 0 Å². The van der Waals surface area contributed by atoms with Crippen LogP contribution in [0.5, 0.6) is 0 Å². The van der Waals surface area contributed by atoms with Crippen molar-refractivity contribution in [2.45, 2.75) is 32.2 Å². The highest BCUT2D eigenvalue weighted by atomic mass is 16.4. The maximum Gasteiger partial charge on any atom is 0.303 e. The predicted molar refractivity (Wildman–Crippen MR) is 110 cm³/mol. The molecule has 1 fully saturated rings. The van der Waals surface area contributed by atoms with Crippen LogP contribution in [0.2, 0.25) is 0 Å². The van der Waals surface area contributed by atoms with Gasteiger partial charge in [0, 0.05) is 18.7 Å². The number of likely N-dealkylation sites (tertiary alicyclic amines) is 1. The monoisotopic (exact) mass is 380 g/mol. The molecule has 5 nitrogen and oxygen atoms in total.